The van der Waals surface area contributed by atoms with E-state index in [2.05, 4.69) is 12.2 Å². The topological polar surface area (TPSA) is 32.3 Å². The number of hydrogen-bond acceptors (Lipinski definition) is 2. The first-order valence-corrected chi connectivity index (χ1v) is 5.14. The molecule has 0 saturated carbocycles. The number of hydrogen-bond donors (Lipinski definition) is 2. The molecular weight excluding hydrogens is 150 g/mol. The van der Waals surface area contributed by atoms with Crippen LogP contribution in [-0.2, 0) is 0 Å². The number of nitrogens with one attached hydrogen (secondary N) is 1. The van der Waals surface area contributed by atoms with Gasteiger partial charge in [0.2, 0.25) is 0 Å². The van der Waals surface area contributed by atoms with Crippen LogP contribution in [0.1, 0.15) is 40.0 Å². The Morgan fingerprint density at radius 3 is 2.00 bits per heavy atom. The van der Waals surface area contributed by atoms with Gasteiger partial charge in [-0.25, -0.2) is 0 Å². The van der Waals surface area contributed by atoms with Crippen LogP contribution in [0.3, 0.4) is 0 Å². The number of rotatable bonds is 2. The summed E-state index contributed by atoms with van der Waals surface area (Å²) in [5.41, 5.74) is 0.255. The van der Waals surface area contributed by atoms with Gasteiger partial charge < -0.3 is 10.4 Å². The SMILES string of the molecule is CC.CCC1(CO)CCNCC1. The summed E-state index contributed by atoms with van der Waals surface area (Å²) in [5, 5.41) is 12.4. The molecule has 0 aliphatic carbocycles. The zero-order valence-corrected chi connectivity index (χ0v) is 8.69. The minimum absolute atomic E-state index is 0.255. The van der Waals surface area contributed by atoms with E-state index >= 15 is 0 Å². The van der Waals surface area contributed by atoms with Gasteiger partial charge in [-0.1, -0.05) is 20.8 Å². The first-order valence-electron chi connectivity index (χ1n) is 5.14. The lowest BCUT2D eigenvalue weighted by Gasteiger charge is -2.34. The Kier molecular flexibility index (Phi) is 6.39. The van der Waals surface area contributed by atoms with E-state index in [9.17, 15) is 0 Å². The third kappa shape index (κ3) is 3.11. The van der Waals surface area contributed by atoms with Crippen molar-refractivity contribution in [2.75, 3.05) is 19.7 Å². The summed E-state index contributed by atoms with van der Waals surface area (Å²) >= 11 is 0. The molecule has 0 radical (unpaired) electrons. The van der Waals surface area contributed by atoms with Crippen LogP contribution in [0.4, 0.5) is 0 Å². The largest absolute Gasteiger partial charge is 0.396 e. The van der Waals surface area contributed by atoms with Gasteiger partial charge in [-0.3, -0.25) is 0 Å². The highest BCUT2D eigenvalue weighted by atomic mass is 16.3. The normalized spacial score (nSPS) is 21.0. The lowest BCUT2D eigenvalue weighted by Crippen LogP contribution is -2.38. The smallest absolute Gasteiger partial charge is 0.0488 e. The molecule has 0 aromatic carbocycles. The summed E-state index contributed by atoms with van der Waals surface area (Å²) < 4.78 is 0. The highest BCUT2D eigenvalue weighted by Crippen LogP contribution is 2.31. The molecule has 0 aromatic rings. The van der Waals surface area contributed by atoms with Gasteiger partial charge in [0.1, 0.15) is 0 Å². The molecule has 0 spiro atoms. The maximum absolute atomic E-state index is 9.11. The van der Waals surface area contributed by atoms with E-state index in [0.29, 0.717) is 6.61 Å². The second kappa shape index (κ2) is 6.44. The maximum atomic E-state index is 9.11. The van der Waals surface area contributed by atoms with E-state index < -0.39 is 0 Å². The van der Waals surface area contributed by atoms with Gasteiger partial charge in [0.25, 0.3) is 0 Å². The third-order valence-corrected chi connectivity index (χ3v) is 2.75. The maximum Gasteiger partial charge on any atom is 0.0488 e. The van der Waals surface area contributed by atoms with Gasteiger partial charge in [-0.15, -0.1) is 0 Å². The van der Waals surface area contributed by atoms with Crippen LogP contribution in [-0.4, -0.2) is 24.8 Å². The Hall–Kier alpha value is -0.0800. The minimum Gasteiger partial charge on any atom is -0.396 e. The lowest BCUT2D eigenvalue weighted by molar-refractivity contribution is 0.0853. The summed E-state index contributed by atoms with van der Waals surface area (Å²) in [6.07, 6.45) is 3.39. The Labute approximate surface area is 76.4 Å². The van der Waals surface area contributed by atoms with Crippen LogP contribution in [0.15, 0.2) is 0 Å². The average molecular weight is 173 g/mol. The van der Waals surface area contributed by atoms with Crippen molar-refractivity contribution in [1.82, 2.24) is 5.32 Å². The first kappa shape index (κ1) is 11.9. The molecule has 74 valence electrons. The third-order valence-electron chi connectivity index (χ3n) is 2.75. The van der Waals surface area contributed by atoms with Crippen LogP contribution >= 0.6 is 0 Å². The quantitative estimate of drug-likeness (QED) is 0.667. The molecule has 0 atom stereocenters. The first-order chi connectivity index (χ1) is 5.83. The zero-order valence-electron chi connectivity index (χ0n) is 8.69. The Bertz CT molecular complexity index is 92.0. The van der Waals surface area contributed by atoms with Gasteiger partial charge in [0.05, 0.1) is 0 Å². The van der Waals surface area contributed by atoms with E-state index in [1.807, 2.05) is 13.8 Å². The van der Waals surface area contributed by atoms with Crippen LogP contribution < -0.4 is 5.32 Å². The molecule has 2 heteroatoms. The number of aliphatic hydroxyl groups is 1. The van der Waals surface area contributed by atoms with Crippen molar-refractivity contribution >= 4 is 0 Å². The van der Waals surface area contributed by atoms with E-state index in [0.717, 1.165) is 32.4 Å². The molecule has 2 nitrogen and oxygen atoms in total. The van der Waals surface area contributed by atoms with Crippen LogP contribution in [0, 0.1) is 5.41 Å². The molecule has 0 unspecified atom stereocenters. The molecular formula is C10H23NO. The monoisotopic (exact) mass is 173 g/mol. The molecule has 1 heterocycles. The van der Waals surface area contributed by atoms with E-state index in [-0.39, 0.29) is 5.41 Å². The van der Waals surface area contributed by atoms with Crippen molar-refractivity contribution in [2.24, 2.45) is 5.41 Å². The van der Waals surface area contributed by atoms with E-state index in [4.69, 9.17) is 5.11 Å². The average Bonchev–Trinajstić information content (AvgIpc) is 2.22. The number of piperidine rings is 1. The summed E-state index contributed by atoms with van der Waals surface area (Å²) in [5.74, 6) is 0. The van der Waals surface area contributed by atoms with Crippen LogP contribution in [0.5, 0.6) is 0 Å². The summed E-state index contributed by atoms with van der Waals surface area (Å²) in [6, 6.07) is 0. The van der Waals surface area contributed by atoms with Gasteiger partial charge >= 0.3 is 0 Å². The van der Waals surface area contributed by atoms with Gasteiger partial charge in [-0.2, -0.15) is 0 Å². The van der Waals surface area contributed by atoms with Crippen molar-refractivity contribution in [3.05, 3.63) is 0 Å². The van der Waals surface area contributed by atoms with Crippen molar-refractivity contribution in [3.63, 3.8) is 0 Å². The highest BCUT2D eigenvalue weighted by molar-refractivity contribution is 4.82. The molecule has 2 N–H and O–H groups in total. The Balaban J connectivity index is 0.000000561. The fourth-order valence-corrected chi connectivity index (χ4v) is 1.58. The summed E-state index contributed by atoms with van der Waals surface area (Å²) in [7, 11) is 0. The molecule has 1 aliphatic heterocycles. The zero-order chi connectivity index (χ0) is 9.45. The van der Waals surface area contributed by atoms with Gasteiger partial charge in [0, 0.05) is 6.61 Å². The lowest BCUT2D eigenvalue weighted by atomic mass is 9.78. The molecule has 1 rings (SSSR count). The Morgan fingerprint density at radius 2 is 1.75 bits per heavy atom. The predicted octanol–water partition coefficient (Wildman–Crippen LogP) is 1.78. The van der Waals surface area contributed by atoms with Gasteiger partial charge in [0.15, 0.2) is 0 Å². The second-order valence-electron chi connectivity index (χ2n) is 3.26. The summed E-state index contributed by atoms with van der Waals surface area (Å²) in [4.78, 5) is 0. The van der Waals surface area contributed by atoms with E-state index in [1.165, 1.54) is 0 Å². The second-order valence-corrected chi connectivity index (χ2v) is 3.26. The molecule has 1 aliphatic rings. The van der Waals surface area contributed by atoms with Gasteiger partial charge in [-0.05, 0) is 37.8 Å². The minimum atomic E-state index is 0.255. The van der Waals surface area contributed by atoms with Crippen molar-refractivity contribution in [3.8, 4) is 0 Å². The van der Waals surface area contributed by atoms with Crippen molar-refractivity contribution in [1.29, 1.82) is 0 Å². The number of aliphatic hydroxyl groups excluding tert-OH is 1. The Morgan fingerprint density at radius 1 is 1.25 bits per heavy atom. The fraction of sp³-hybridized carbons (Fsp3) is 1.00. The predicted molar refractivity (Wildman–Crippen MR) is 53.3 cm³/mol. The highest BCUT2D eigenvalue weighted by Gasteiger charge is 2.28. The van der Waals surface area contributed by atoms with E-state index in [1.54, 1.807) is 0 Å². The van der Waals surface area contributed by atoms with Crippen LogP contribution in [0.2, 0.25) is 0 Å². The van der Waals surface area contributed by atoms with Crippen molar-refractivity contribution < 1.29 is 5.11 Å². The molecule has 0 aromatic heterocycles. The van der Waals surface area contributed by atoms with Crippen LogP contribution in [0.25, 0.3) is 0 Å². The molecule has 0 amide bonds. The summed E-state index contributed by atoms with van der Waals surface area (Å²) in [6.45, 7) is 8.69. The molecule has 12 heavy (non-hydrogen) atoms. The molecule has 0 bridgehead atoms. The fourth-order valence-electron chi connectivity index (χ4n) is 1.58. The standard InChI is InChI=1S/C8H17NO.C2H6/c1-2-8(7-10)3-5-9-6-4-8;1-2/h9-10H,2-7H2,1H3;1-2H3. The molecule has 1 saturated heterocycles. The van der Waals surface area contributed by atoms with Crippen molar-refractivity contribution in [2.45, 2.75) is 40.0 Å². The molecule has 1 fully saturated rings.